The van der Waals surface area contributed by atoms with E-state index >= 15 is 0 Å². The van der Waals surface area contributed by atoms with Crippen LogP contribution in [-0.4, -0.2) is 22.2 Å². The predicted molar refractivity (Wildman–Crippen MR) is 70.8 cm³/mol. The number of carbonyl (C=O) groups excluding carboxylic acids is 1. The second kappa shape index (κ2) is 4.97. The van der Waals surface area contributed by atoms with Crippen LogP contribution in [0.2, 0.25) is 0 Å². The van der Waals surface area contributed by atoms with Crippen LogP contribution in [0.3, 0.4) is 0 Å². The quantitative estimate of drug-likeness (QED) is 0.841. The van der Waals surface area contributed by atoms with E-state index in [0.29, 0.717) is 13.0 Å². The minimum Gasteiger partial charge on any atom is -0.365 e. The number of hydrogen-bond acceptors (Lipinski definition) is 3. The van der Waals surface area contributed by atoms with Crippen molar-refractivity contribution in [3.8, 4) is 0 Å². The number of ketones is 1. The Morgan fingerprint density at radius 2 is 2.26 bits per heavy atom. The van der Waals surface area contributed by atoms with E-state index in [2.05, 4.69) is 11.2 Å². The molecule has 98 valence electrons. The smallest absolute Gasteiger partial charge is 0.172 e. The predicted octanol–water partition coefficient (Wildman–Crippen LogP) is 1.85. The number of nitrogens with zero attached hydrogens (tertiary/aromatic N) is 2. The Morgan fingerprint density at radius 1 is 1.42 bits per heavy atom. The molecule has 2 aromatic rings. The van der Waals surface area contributed by atoms with Crippen LogP contribution < -0.4 is 0 Å². The van der Waals surface area contributed by atoms with E-state index in [1.165, 1.54) is 5.56 Å². The van der Waals surface area contributed by atoms with Gasteiger partial charge < -0.3 is 4.74 Å². The van der Waals surface area contributed by atoms with E-state index in [1.54, 1.807) is 4.68 Å². The summed E-state index contributed by atoms with van der Waals surface area (Å²) in [5.74, 6) is 0.0749. The molecule has 1 aliphatic rings. The number of carbonyl (C=O) groups is 1. The third-order valence-corrected chi connectivity index (χ3v) is 3.41. The highest BCUT2D eigenvalue weighted by Gasteiger charge is 2.27. The van der Waals surface area contributed by atoms with E-state index in [9.17, 15) is 4.79 Å². The number of Topliss-reactive ketones (excluding diaryl/α,β-unsaturated/α-hetero) is 1. The molecule has 0 amide bonds. The van der Waals surface area contributed by atoms with Crippen molar-refractivity contribution < 1.29 is 9.53 Å². The lowest BCUT2D eigenvalue weighted by atomic mass is 9.94. The van der Waals surface area contributed by atoms with Crippen molar-refractivity contribution >= 4 is 5.78 Å². The number of fused-ring (bicyclic) bond motifs is 1. The number of benzene rings is 1. The van der Waals surface area contributed by atoms with Crippen LogP contribution in [0.25, 0.3) is 0 Å². The summed E-state index contributed by atoms with van der Waals surface area (Å²) < 4.78 is 7.37. The topological polar surface area (TPSA) is 44.1 Å². The van der Waals surface area contributed by atoms with E-state index in [1.807, 2.05) is 37.5 Å². The largest absolute Gasteiger partial charge is 0.365 e. The van der Waals surface area contributed by atoms with E-state index in [-0.39, 0.29) is 5.78 Å². The van der Waals surface area contributed by atoms with Gasteiger partial charge in [0, 0.05) is 13.2 Å². The molecule has 0 saturated carbocycles. The fourth-order valence-corrected chi connectivity index (χ4v) is 2.49. The van der Waals surface area contributed by atoms with Gasteiger partial charge in [-0.3, -0.25) is 9.48 Å². The number of rotatable bonds is 3. The van der Waals surface area contributed by atoms with Crippen molar-refractivity contribution in [2.75, 3.05) is 6.61 Å². The Hall–Kier alpha value is -1.94. The van der Waals surface area contributed by atoms with Gasteiger partial charge in [0.2, 0.25) is 0 Å². The van der Waals surface area contributed by atoms with Gasteiger partial charge in [-0.05, 0) is 23.6 Å². The number of aryl methyl sites for hydroxylation is 1. The first-order chi connectivity index (χ1) is 9.24. The monoisotopic (exact) mass is 256 g/mol. The highest BCUT2D eigenvalue weighted by atomic mass is 16.5. The summed E-state index contributed by atoms with van der Waals surface area (Å²) in [6.45, 7) is 0.607. The summed E-state index contributed by atoms with van der Waals surface area (Å²) in [4.78, 5) is 12.4. The molecule has 3 rings (SSSR count). The second-order valence-electron chi connectivity index (χ2n) is 4.82. The summed E-state index contributed by atoms with van der Waals surface area (Å²) in [6.07, 6.45) is 2.61. The van der Waals surface area contributed by atoms with Gasteiger partial charge in [-0.1, -0.05) is 24.3 Å². The molecule has 1 aliphatic heterocycles. The average Bonchev–Trinajstić information content (AvgIpc) is 2.83. The first kappa shape index (κ1) is 12.1. The molecule has 0 N–H and O–H groups in total. The summed E-state index contributed by atoms with van der Waals surface area (Å²) in [5.41, 5.74) is 3.02. The van der Waals surface area contributed by atoms with Gasteiger partial charge in [0.1, 0.15) is 6.10 Å². The zero-order chi connectivity index (χ0) is 13.2. The lowest BCUT2D eigenvalue weighted by molar-refractivity contribution is -0.131. The maximum Gasteiger partial charge on any atom is 0.172 e. The van der Waals surface area contributed by atoms with Crippen LogP contribution in [0.15, 0.2) is 36.5 Å². The zero-order valence-electron chi connectivity index (χ0n) is 10.9. The van der Waals surface area contributed by atoms with Gasteiger partial charge in [0.05, 0.1) is 18.7 Å². The first-order valence-corrected chi connectivity index (χ1v) is 6.44. The van der Waals surface area contributed by atoms with Crippen molar-refractivity contribution in [3.63, 3.8) is 0 Å². The van der Waals surface area contributed by atoms with E-state index < -0.39 is 6.10 Å². The van der Waals surface area contributed by atoms with E-state index in [4.69, 9.17) is 4.74 Å². The highest BCUT2D eigenvalue weighted by molar-refractivity contribution is 5.86. The molecule has 19 heavy (non-hydrogen) atoms. The molecule has 0 fully saturated rings. The summed E-state index contributed by atoms with van der Waals surface area (Å²) in [7, 11) is 1.85. The molecule has 0 radical (unpaired) electrons. The molecule has 0 saturated heterocycles. The lowest BCUT2D eigenvalue weighted by Gasteiger charge is -2.24. The highest BCUT2D eigenvalue weighted by Crippen LogP contribution is 2.28. The zero-order valence-corrected chi connectivity index (χ0v) is 10.9. The van der Waals surface area contributed by atoms with Crippen LogP contribution in [0.4, 0.5) is 0 Å². The number of ether oxygens (including phenoxy) is 1. The van der Waals surface area contributed by atoms with Gasteiger partial charge >= 0.3 is 0 Å². The van der Waals surface area contributed by atoms with Crippen LogP contribution in [-0.2, 0) is 29.4 Å². The standard InChI is InChI=1S/C15H16N2O2/c1-17-8-6-12(16-17)10-14(18)15-13-5-3-2-4-11(13)7-9-19-15/h2-6,8,15H,7,9-10H2,1H3. The van der Waals surface area contributed by atoms with Crippen molar-refractivity contribution in [3.05, 3.63) is 53.3 Å². The molecule has 0 spiro atoms. The first-order valence-electron chi connectivity index (χ1n) is 6.44. The summed E-state index contributed by atoms with van der Waals surface area (Å²) in [6, 6.07) is 9.88. The van der Waals surface area contributed by atoms with Gasteiger partial charge in [0.15, 0.2) is 5.78 Å². The Balaban J connectivity index is 1.81. The Labute approximate surface area is 112 Å². The molecule has 1 aromatic heterocycles. The third-order valence-electron chi connectivity index (χ3n) is 3.41. The van der Waals surface area contributed by atoms with Crippen molar-refractivity contribution in [1.29, 1.82) is 0 Å². The molecule has 0 aliphatic carbocycles. The normalized spacial score (nSPS) is 18.1. The fourth-order valence-electron chi connectivity index (χ4n) is 2.49. The Morgan fingerprint density at radius 3 is 3.05 bits per heavy atom. The number of aromatic nitrogens is 2. The molecule has 2 heterocycles. The molecule has 1 unspecified atom stereocenters. The molecule has 4 nitrogen and oxygen atoms in total. The minimum absolute atomic E-state index is 0.0749. The van der Waals surface area contributed by atoms with Crippen LogP contribution in [0.5, 0.6) is 0 Å². The van der Waals surface area contributed by atoms with Gasteiger partial charge in [-0.2, -0.15) is 5.10 Å². The maximum atomic E-state index is 12.4. The molecule has 0 bridgehead atoms. The van der Waals surface area contributed by atoms with Gasteiger partial charge in [-0.15, -0.1) is 0 Å². The van der Waals surface area contributed by atoms with Crippen molar-refractivity contribution in [2.24, 2.45) is 7.05 Å². The molecular weight excluding hydrogens is 240 g/mol. The number of hydrogen-bond donors (Lipinski definition) is 0. The molecule has 4 heteroatoms. The van der Waals surface area contributed by atoms with Crippen molar-refractivity contribution in [2.45, 2.75) is 18.9 Å². The average molecular weight is 256 g/mol. The molecule has 1 atom stereocenters. The van der Waals surface area contributed by atoms with Crippen LogP contribution in [0.1, 0.15) is 22.9 Å². The molecule has 1 aromatic carbocycles. The third kappa shape index (κ3) is 2.44. The van der Waals surface area contributed by atoms with Gasteiger partial charge in [0.25, 0.3) is 0 Å². The summed E-state index contributed by atoms with van der Waals surface area (Å²) >= 11 is 0. The minimum atomic E-state index is -0.438. The maximum absolute atomic E-state index is 12.4. The van der Waals surface area contributed by atoms with E-state index in [0.717, 1.165) is 17.7 Å². The lowest BCUT2D eigenvalue weighted by Crippen LogP contribution is -2.24. The SMILES string of the molecule is Cn1ccc(CC(=O)C2OCCc3ccccc32)n1. The Kier molecular flexibility index (Phi) is 3.17. The molecular formula is C15H16N2O2. The van der Waals surface area contributed by atoms with Crippen molar-refractivity contribution in [1.82, 2.24) is 9.78 Å². The Bertz CT molecular complexity index is 604. The summed E-state index contributed by atoms with van der Waals surface area (Å²) in [5, 5.41) is 4.24. The van der Waals surface area contributed by atoms with Crippen LogP contribution >= 0.6 is 0 Å². The van der Waals surface area contributed by atoms with Crippen LogP contribution in [0, 0.1) is 0 Å². The second-order valence-corrected chi connectivity index (χ2v) is 4.82. The van der Waals surface area contributed by atoms with Gasteiger partial charge in [-0.25, -0.2) is 0 Å². The fraction of sp³-hybridized carbons (Fsp3) is 0.333.